The van der Waals surface area contributed by atoms with Crippen LogP contribution in [0, 0.1) is 6.92 Å². The minimum absolute atomic E-state index is 0.111. The van der Waals surface area contributed by atoms with Gasteiger partial charge in [0.1, 0.15) is 0 Å². The Morgan fingerprint density at radius 1 is 1.11 bits per heavy atom. The Hall–Kier alpha value is -0.540. The van der Waals surface area contributed by atoms with Gasteiger partial charge in [0.2, 0.25) is 0 Å². The van der Waals surface area contributed by atoms with Crippen LogP contribution in [0.15, 0.2) is 22.7 Å². The van der Waals surface area contributed by atoms with E-state index in [9.17, 15) is 0 Å². The fourth-order valence-corrected chi connectivity index (χ4v) is 3.77. The third kappa shape index (κ3) is 2.43. The third-order valence-electron chi connectivity index (χ3n) is 3.67. The Balaban J connectivity index is 2.51. The van der Waals surface area contributed by atoms with Crippen molar-refractivity contribution in [2.24, 2.45) is 0 Å². The van der Waals surface area contributed by atoms with E-state index in [1.807, 2.05) is 0 Å². The first-order valence-corrected chi connectivity index (χ1v) is 7.31. The van der Waals surface area contributed by atoms with Crippen LogP contribution < -0.4 is 10.2 Å². The van der Waals surface area contributed by atoms with Crippen LogP contribution in [0.25, 0.3) is 0 Å². The van der Waals surface area contributed by atoms with Gasteiger partial charge in [-0.05, 0) is 68.2 Å². The molecule has 0 radical (unpaired) electrons. The van der Waals surface area contributed by atoms with E-state index in [-0.39, 0.29) is 11.1 Å². The molecular weight excluding hydrogens is 288 g/mol. The number of anilines is 1. The zero-order valence-electron chi connectivity index (χ0n) is 12.0. The zero-order chi connectivity index (χ0) is 13.6. The van der Waals surface area contributed by atoms with Gasteiger partial charge in [0.15, 0.2) is 0 Å². The molecule has 18 heavy (non-hydrogen) atoms. The van der Waals surface area contributed by atoms with Gasteiger partial charge >= 0.3 is 0 Å². The first-order chi connectivity index (χ1) is 8.24. The van der Waals surface area contributed by atoms with Gasteiger partial charge in [-0.2, -0.15) is 0 Å². The molecule has 1 aromatic rings. The van der Waals surface area contributed by atoms with Crippen molar-refractivity contribution in [3.63, 3.8) is 0 Å². The van der Waals surface area contributed by atoms with Crippen molar-refractivity contribution < 1.29 is 0 Å². The predicted octanol–water partition coefficient (Wildman–Crippen LogP) is 3.72. The Morgan fingerprint density at radius 2 is 1.67 bits per heavy atom. The highest BCUT2D eigenvalue weighted by Crippen LogP contribution is 2.38. The summed E-state index contributed by atoms with van der Waals surface area (Å²) in [5.74, 6) is 0. The van der Waals surface area contributed by atoms with Gasteiger partial charge in [-0.25, -0.2) is 0 Å². The van der Waals surface area contributed by atoms with Crippen LogP contribution in [-0.4, -0.2) is 24.2 Å². The first kappa shape index (κ1) is 13.9. The fraction of sp³-hybridized carbons (Fsp3) is 0.600. The lowest BCUT2D eigenvalue weighted by atomic mass is 9.88. The second kappa shape index (κ2) is 4.53. The van der Waals surface area contributed by atoms with Crippen molar-refractivity contribution in [1.82, 2.24) is 5.32 Å². The molecule has 0 bridgehead atoms. The van der Waals surface area contributed by atoms with Crippen molar-refractivity contribution in [3.05, 3.63) is 28.2 Å². The number of aryl methyl sites for hydroxylation is 1. The van der Waals surface area contributed by atoms with Crippen LogP contribution in [0.5, 0.6) is 0 Å². The molecular formula is C15H23BrN2. The number of nitrogens with zero attached hydrogens (tertiary/aromatic N) is 1. The highest BCUT2D eigenvalue weighted by Gasteiger charge is 2.41. The lowest BCUT2D eigenvalue weighted by molar-refractivity contribution is 0.263. The van der Waals surface area contributed by atoms with Crippen molar-refractivity contribution in [2.45, 2.75) is 45.7 Å². The Morgan fingerprint density at radius 3 is 2.17 bits per heavy atom. The lowest BCUT2D eigenvalue weighted by Gasteiger charge is -2.55. The SMILES string of the molecule is Cc1ccc(N2C(C)(C)CNCC2(C)C)c(Br)c1. The van der Waals surface area contributed by atoms with Crippen LogP contribution in [0.2, 0.25) is 0 Å². The summed E-state index contributed by atoms with van der Waals surface area (Å²) in [6, 6.07) is 6.62. The second-order valence-electron chi connectivity index (χ2n) is 6.52. The lowest BCUT2D eigenvalue weighted by Crippen LogP contribution is -2.68. The van der Waals surface area contributed by atoms with E-state index in [1.54, 1.807) is 0 Å². The quantitative estimate of drug-likeness (QED) is 0.850. The van der Waals surface area contributed by atoms with Crippen molar-refractivity contribution in [2.75, 3.05) is 18.0 Å². The highest BCUT2D eigenvalue weighted by molar-refractivity contribution is 9.10. The molecule has 2 rings (SSSR count). The van der Waals surface area contributed by atoms with Crippen LogP contribution in [0.1, 0.15) is 33.3 Å². The fourth-order valence-electron chi connectivity index (χ4n) is 3.10. The molecule has 1 heterocycles. The molecule has 0 atom stereocenters. The van der Waals surface area contributed by atoms with E-state index in [1.165, 1.54) is 15.7 Å². The second-order valence-corrected chi connectivity index (χ2v) is 7.37. The van der Waals surface area contributed by atoms with Crippen LogP contribution >= 0.6 is 15.9 Å². The standard InChI is InChI=1S/C15H23BrN2/c1-11-6-7-13(12(16)8-11)18-14(2,3)9-17-10-15(18,4)5/h6-8,17H,9-10H2,1-5H3. The summed E-state index contributed by atoms with van der Waals surface area (Å²) in [4.78, 5) is 2.54. The molecule has 1 fully saturated rings. The molecule has 2 nitrogen and oxygen atoms in total. The van der Waals surface area contributed by atoms with Gasteiger partial charge in [0.25, 0.3) is 0 Å². The summed E-state index contributed by atoms with van der Waals surface area (Å²) in [7, 11) is 0. The number of benzene rings is 1. The largest absolute Gasteiger partial charge is 0.358 e. The number of nitrogens with one attached hydrogen (secondary N) is 1. The molecule has 1 aliphatic heterocycles. The summed E-state index contributed by atoms with van der Waals surface area (Å²) < 4.78 is 1.19. The molecule has 0 aliphatic carbocycles. The summed E-state index contributed by atoms with van der Waals surface area (Å²) in [6.07, 6.45) is 0. The Bertz CT molecular complexity index is 436. The van der Waals surface area contributed by atoms with Gasteiger partial charge in [0.05, 0.1) is 5.69 Å². The van der Waals surface area contributed by atoms with E-state index in [0.717, 1.165) is 13.1 Å². The van der Waals surface area contributed by atoms with Gasteiger partial charge in [-0.3, -0.25) is 0 Å². The number of rotatable bonds is 1. The van der Waals surface area contributed by atoms with E-state index in [0.29, 0.717) is 0 Å². The highest BCUT2D eigenvalue weighted by atomic mass is 79.9. The maximum atomic E-state index is 3.72. The summed E-state index contributed by atoms with van der Waals surface area (Å²) in [5.41, 5.74) is 2.80. The van der Waals surface area contributed by atoms with Crippen molar-refractivity contribution >= 4 is 21.6 Å². The van der Waals surface area contributed by atoms with E-state index in [2.05, 4.69) is 79.0 Å². The monoisotopic (exact) mass is 310 g/mol. The molecule has 0 amide bonds. The molecule has 1 N–H and O–H groups in total. The maximum absolute atomic E-state index is 3.72. The van der Waals surface area contributed by atoms with Gasteiger partial charge in [-0.1, -0.05) is 6.07 Å². The van der Waals surface area contributed by atoms with E-state index >= 15 is 0 Å². The number of piperazine rings is 1. The average molecular weight is 311 g/mol. The number of hydrogen-bond acceptors (Lipinski definition) is 2. The van der Waals surface area contributed by atoms with Crippen LogP contribution in [-0.2, 0) is 0 Å². The number of hydrogen-bond donors (Lipinski definition) is 1. The summed E-state index contributed by atoms with van der Waals surface area (Å²) in [6.45, 7) is 13.3. The Labute approximate surface area is 119 Å². The summed E-state index contributed by atoms with van der Waals surface area (Å²) >= 11 is 3.72. The first-order valence-electron chi connectivity index (χ1n) is 6.51. The van der Waals surface area contributed by atoms with Crippen LogP contribution in [0.4, 0.5) is 5.69 Å². The molecule has 0 aromatic heterocycles. The average Bonchev–Trinajstić information content (AvgIpc) is 2.19. The third-order valence-corrected chi connectivity index (χ3v) is 4.31. The molecule has 100 valence electrons. The molecule has 0 unspecified atom stereocenters. The topological polar surface area (TPSA) is 15.3 Å². The molecule has 0 saturated carbocycles. The minimum atomic E-state index is 0.111. The van der Waals surface area contributed by atoms with E-state index < -0.39 is 0 Å². The molecule has 1 saturated heterocycles. The van der Waals surface area contributed by atoms with Gasteiger partial charge in [-0.15, -0.1) is 0 Å². The molecule has 3 heteroatoms. The zero-order valence-corrected chi connectivity index (χ0v) is 13.6. The number of halogens is 1. The summed E-state index contributed by atoms with van der Waals surface area (Å²) in [5, 5.41) is 3.54. The molecule has 1 aliphatic rings. The van der Waals surface area contributed by atoms with E-state index in [4.69, 9.17) is 0 Å². The van der Waals surface area contributed by atoms with Crippen molar-refractivity contribution in [3.8, 4) is 0 Å². The Kier molecular flexibility index (Phi) is 3.50. The normalized spacial score (nSPS) is 22.0. The molecule has 0 spiro atoms. The molecule has 1 aromatic carbocycles. The van der Waals surface area contributed by atoms with Gasteiger partial charge < -0.3 is 10.2 Å². The van der Waals surface area contributed by atoms with Crippen molar-refractivity contribution in [1.29, 1.82) is 0 Å². The minimum Gasteiger partial charge on any atom is -0.358 e. The smallest absolute Gasteiger partial charge is 0.0520 e. The van der Waals surface area contributed by atoms with Crippen LogP contribution in [0.3, 0.4) is 0 Å². The maximum Gasteiger partial charge on any atom is 0.0520 e. The van der Waals surface area contributed by atoms with Gasteiger partial charge in [0, 0.05) is 28.6 Å². The predicted molar refractivity (Wildman–Crippen MR) is 82.4 cm³/mol.